The van der Waals surface area contributed by atoms with E-state index in [0.717, 1.165) is 17.7 Å². The van der Waals surface area contributed by atoms with Crippen molar-refractivity contribution >= 4 is 35.2 Å². The highest BCUT2D eigenvalue weighted by atomic mass is 16.6. The van der Waals surface area contributed by atoms with Crippen LogP contribution in [-0.4, -0.2) is 173 Å². The van der Waals surface area contributed by atoms with Gasteiger partial charge in [-0.2, -0.15) is 0 Å². The van der Waals surface area contributed by atoms with Crippen LogP contribution in [0.4, 0.5) is 5.69 Å². The molecule has 3 rings (SSSR count). The van der Waals surface area contributed by atoms with Crippen molar-refractivity contribution in [2.75, 3.05) is 137 Å². The summed E-state index contributed by atoms with van der Waals surface area (Å²) in [5, 5.41) is 4.91. The van der Waals surface area contributed by atoms with Gasteiger partial charge in [0.15, 0.2) is 0 Å². The number of unbranched alkanes of at least 4 members (excludes halogenated alkanes) is 2. The lowest BCUT2D eigenvalue weighted by molar-refractivity contribution is -0.136. The Bertz CT molecular complexity index is 1330. The van der Waals surface area contributed by atoms with Crippen LogP contribution in [0.2, 0.25) is 0 Å². The Balaban J connectivity index is 1.03. The van der Waals surface area contributed by atoms with Gasteiger partial charge in [-0.15, -0.1) is 0 Å². The van der Waals surface area contributed by atoms with E-state index in [4.69, 9.17) is 47.4 Å². The van der Waals surface area contributed by atoms with Crippen molar-refractivity contribution in [1.82, 2.24) is 10.2 Å². The van der Waals surface area contributed by atoms with Crippen molar-refractivity contribution in [1.29, 1.82) is 0 Å². The number of carbonyl (C=O) groups is 5. The van der Waals surface area contributed by atoms with Crippen molar-refractivity contribution < 1.29 is 71.3 Å². The molecule has 0 bridgehead atoms. The van der Waals surface area contributed by atoms with E-state index in [1.807, 2.05) is 6.92 Å². The van der Waals surface area contributed by atoms with Gasteiger partial charge >= 0.3 is 0 Å². The van der Waals surface area contributed by atoms with Crippen LogP contribution in [-0.2, 0) is 61.8 Å². The third kappa shape index (κ3) is 19.7. The van der Waals surface area contributed by atoms with E-state index in [2.05, 4.69) is 10.6 Å². The molecule has 1 saturated heterocycles. The SMILES string of the molecule is CCOCCOCCOCCOCCOCCOCCOCCOCCOCCOCCCCCC(=O)Nc1cccc2c1C(=O)N(C1CCC(=O)NC1=O)C2=O. The summed E-state index contributed by atoms with van der Waals surface area (Å²) < 4.78 is 54.5. The normalized spacial score (nSPS) is 15.4. The third-order valence-corrected chi connectivity index (χ3v) is 8.49. The number of rotatable bonds is 36. The minimum atomic E-state index is -1.07. The number of anilines is 1. The highest BCUT2D eigenvalue weighted by molar-refractivity contribution is 6.26. The molecule has 0 aromatic heterocycles. The summed E-state index contributed by atoms with van der Waals surface area (Å²) in [5.74, 6) is -2.71. The second-order valence-electron chi connectivity index (χ2n) is 12.7. The number of benzene rings is 1. The van der Waals surface area contributed by atoms with Gasteiger partial charge in [0.1, 0.15) is 6.04 Å². The van der Waals surface area contributed by atoms with Crippen molar-refractivity contribution in [3.05, 3.63) is 29.3 Å². The van der Waals surface area contributed by atoms with Gasteiger partial charge in [-0.05, 0) is 38.3 Å². The predicted molar refractivity (Wildman–Crippen MR) is 204 cm³/mol. The van der Waals surface area contributed by atoms with E-state index in [1.165, 1.54) is 6.07 Å². The first-order valence-electron chi connectivity index (χ1n) is 19.9. The molecule has 1 fully saturated rings. The molecule has 57 heavy (non-hydrogen) atoms. The molecule has 2 aliphatic heterocycles. The number of hydrogen-bond acceptors (Lipinski definition) is 15. The van der Waals surface area contributed by atoms with Crippen LogP contribution in [0.3, 0.4) is 0 Å². The Hall–Kier alpha value is -3.43. The van der Waals surface area contributed by atoms with Crippen LogP contribution in [0.15, 0.2) is 18.2 Å². The van der Waals surface area contributed by atoms with Crippen molar-refractivity contribution in [2.24, 2.45) is 0 Å². The summed E-state index contributed by atoms with van der Waals surface area (Å²) in [4.78, 5) is 63.5. The maximum atomic E-state index is 13.2. The Morgan fingerprint density at radius 1 is 0.614 bits per heavy atom. The van der Waals surface area contributed by atoms with Gasteiger partial charge < -0.3 is 52.7 Å². The average molecular weight is 812 g/mol. The van der Waals surface area contributed by atoms with E-state index in [9.17, 15) is 24.0 Å². The number of piperidine rings is 1. The Labute approximate surface area is 334 Å². The molecule has 1 aromatic carbocycles. The number of hydrogen-bond donors (Lipinski definition) is 2. The molecular formula is C39H61N3O15. The summed E-state index contributed by atoms with van der Waals surface area (Å²) in [6.07, 6.45) is 2.46. The van der Waals surface area contributed by atoms with Gasteiger partial charge in [-0.1, -0.05) is 12.5 Å². The first-order chi connectivity index (χ1) is 27.9. The van der Waals surface area contributed by atoms with Crippen LogP contribution >= 0.6 is 0 Å². The fraction of sp³-hybridized carbons (Fsp3) is 0.718. The maximum absolute atomic E-state index is 13.2. The summed E-state index contributed by atoms with van der Waals surface area (Å²) in [7, 11) is 0. The topological polar surface area (TPSA) is 205 Å². The average Bonchev–Trinajstić information content (AvgIpc) is 3.45. The lowest BCUT2D eigenvalue weighted by atomic mass is 10.0. The minimum Gasteiger partial charge on any atom is -0.379 e. The number of fused-ring (bicyclic) bond motifs is 1. The van der Waals surface area contributed by atoms with Crippen molar-refractivity contribution in [3.8, 4) is 0 Å². The van der Waals surface area contributed by atoms with E-state index >= 15 is 0 Å². The summed E-state index contributed by atoms with van der Waals surface area (Å²) in [5.41, 5.74) is 0.384. The highest BCUT2D eigenvalue weighted by Gasteiger charge is 2.45. The number of carbonyl (C=O) groups excluding carboxylic acids is 5. The van der Waals surface area contributed by atoms with Crippen LogP contribution < -0.4 is 10.6 Å². The van der Waals surface area contributed by atoms with Gasteiger partial charge in [0, 0.05) is 26.1 Å². The number of amides is 5. The number of ether oxygens (including phenoxy) is 10. The quantitative estimate of drug-likeness (QED) is 0.0732. The van der Waals surface area contributed by atoms with Gasteiger partial charge in [-0.3, -0.25) is 34.2 Å². The monoisotopic (exact) mass is 811 g/mol. The molecular weight excluding hydrogens is 750 g/mol. The lowest BCUT2D eigenvalue weighted by Crippen LogP contribution is -2.54. The Morgan fingerprint density at radius 2 is 1.07 bits per heavy atom. The number of nitrogens with one attached hydrogen (secondary N) is 2. The molecule has 1 atom stereocenters. The van der Waals surface area contributed by atoms with E-state index in [1.54, 1.807) is 12.1 Å². The molecule has 18 nitrogen and oxygen atoms in total. The number of imide groups is 2. The van der Waals surface area contributed by atoms with Crippen molar-refractivity contribution in [3.63, 3.8) is 0 Å². The Kier molecular flexibility index (Phi) is 25.8. The molecule has 0 radical (unpaired) electrons. The predicted octanol–water partition coefficient (Wildman–Crippen LogP) is 1.77. The zero-order valence-corrected chi connectivity index (χ0v) is 33.3. The van der Waals surface area contributed by atoms with Crippen LogP contribution in [0.1, 0.15) is 66.2 Å². The second kappa shape index (κ2) is 30.6. The Morgan fingerprint density at radius 3 is 1.53 bits per heavy atom. The molecule has 2 N–H and O–H groups in total. The largest absolute Gasteiger partial charge is 0.379 e. The van der Waals surface area contributed by atoms with Crippen LogP contribution in [0.5, 0.6) is 0 Å². The maximum Gasteiger partial charge on any atom is 0.264 e. The van der Waals surface area contributed by atoms with Gasteiger partial charge in [0.05, 0.1) is 136 Å². The molecule has 322 valence electrons. The van der Waals surface area contributed by atoms with Gasteiger partial charge in [0.2, 0.25) is 17.7 Å². The summed E-state index contributed by atoms with van der Waals surface area (Å²) in [6, 6.07) is 3.53. The minimum absolute atomic E-state index is 0.0288. The number of nitrogens with zero attached hydrogens (tertiary/aromatic N) is 1. The van der Waals surface area contributed by atoms with E-state index in [-0.39, 0.29) is 42.0 Å². The molecule has 2 aliphatic rings. The first-order valence-corrected chi connectivity index (χ1v) is 19.9. The summed E-state index contributed by atoms with van der Waals surface area (Å²) in [6.45, 7) is 12.1. The zero-order valence-electron chi connectivity index (χ0n) is 33.3. The first kappa shape index (κ1) is 47.9. The third-order valence-electron chi connectivity index (χ3n) is 8.49. The van der Waals surface area contributed by atoms with Gasteiger partial charge in [0.25, 0.3) is 11.8 Å². The molecule has 0 saturated carbocycles. The van der Waals surface area contributed by atoms with Crippen molar-refractivity contribution in [2.45, 2.75) is 51.5 Å². The molecule has 1 aromatic rings. The smallest absolute Gasteiger partial charge is 0.264 e. The van der Waals surface area contributed by atoms with E-state index < -0.39 is 29.7 Å². The van der Waals surface area contributed by atoms with Crippen LogP contribution in [0, 0.1) is 0 Å². The fourth-order valence-corrected chi connectivity index (χ4v) is 5.62. The zero-order chi connectivity index (χ0) is 40.8. The standard InChI is InChI=1S/C39H61N3O15/c1-2-48-13-14-50-17-18-52-21-22-54-25-26-56-29-30-57-28-27-55-24-23-53-20-19-51-16-15-49-12-5-3-4-9-34(43)40-32-8-6-7-31-36(32)39(47)42(38(31)46)33-10-11-35(44)41-37(33)45/h6-8,33H,2-5,9-30H2,1H3,(H,40,43)(H,41,44,45). The lowest BCUT2D eigenvalue weighted by Gasteiger charge is -2.27. The highest BCUT2D eigenvalue weighted by Crippen LogP contribution is 2.32. The molecule has 5 amide bonds. The van der Waals surface area contributed by atoms with E-state index in [0.29, 0.717) is 139 Å². The van der Waals surface area contributed by atoms with Gasteiger partial charge in [-0.25, -0.2) is 0 Å². The molecule has 1 unspecified atom stereocenters. The van der Waals surface area contributed by atoms with Crippen LogP contribution in [0.25, 0.3) is 0 Å². The molecule has 0 aliphatic carbocycles. The second-order valence-corrected chi connectivity index (χ2v) is 12.7. The molecule has 2 heterocycles. The molecule has 18 heteroatoms. The fourth-order valence-electron chi connectivity index (χ4n) is 5.62. The summed E-state index contributed by atoms with van der Waals surface area (Å²) >= 11 is 0. The molecule has 0 spiro atoms.